The third-order valence-corrected chi connectivity index (χ3v) is 4.68. The number of nitrogens with zero attached hydrogens (tertiary/aromatic N) is 2. The number of benzene rings is 1. The van der Waals surface area contributed by atoms with Crippen LogP contribution in [0.3, 0.4) is 0 Å². The molecule has 1 saturated heterocycles. The smallest absolute Gasteiger partial charge is 0.378 e. The summed E-state index contributed by atoms with van der Waals surface area (Å²) in [6.45, 7) is 6.48. The van der Waals surface area contributed by atoms with Crippen molar-refractivity contribution in [1.29, 1.82) is 0 Å². The zero-order chi connectivity index (χ0) is 20.8. The van der Waals surface area contributed by atoms with E-state index < -0.39 is 17.3 Å². The molecule has 1 heterocycles. The van der Waals surface area contributed by atoms with Crippen LogP contribution in [0.5, 0.6) is 0 Å². The van der Waals surface area contributed by atoms with Gasteiger partial charge in [0.1, 0.15) is 0 Å². The summed E-state index contributed by atoms with van der Waals surface area (Å²) in [5.74, 6) is 0.413. The molecule has 0 aromatic heterocycles. The molecule has 1 aromatic carbocycles. The summed E-state index contributed by atoms with van der Waals surface area (Å²) >= 11 is 0. The first kappa shape index (κ1) is 22.3. The maximum absolute atomic E-state index is 13.6. The SMILES string of the molecule is CN=C(NCc1ccc(N2CCOCC2)cc1C(F)(F)F)NCC(C)(C)OC. The molecule has 0 bridgehead atoms. The molecule has 0 spiro atoms. The Balaban J connectivity index is 2.11. The molecule has 9 heteroatoms. The Morgan fingerprint density at radius 2 is 1.89 bits per heavy atom. The lowest BCUT2D eigenvalue weighted by molar-refractivity contribution is -0.138. The molecule has 28 heavy (non-hydrogen) atoms. The zero-order valence-electron chi connectivity index (χ0n) is 16.8. The molecule has 158 valence electrons. The molecule has 0 unspecified atom stereocenters. The van der Waals surface area contributed by atoms with E-state index in [1.54, 1.807) is 20.2 Å². The molecular weight excluding hydrogens is 373 g/mol. The summed E-state index contributed by atoms with van der Waals surface area (Å²) in [4.78, 5) is 5.96. The fraction of sp³-hybridized carbons (Fsp3) is 0.632. The van der Waals surface area contributed by atoms with Crippen molar-refractivity contribution in [3.63, 3.8) is 0 Å². The second kappa shape index (κ2) is 9.47. The number of alkyl halides is 3. The van der Waals surface area contributed by atoms with Crippen LogP contribution in [0, 0.1) is 0 Å². The highest BCUT2D eigenvalue weighted by molar-refractivity contribution is 5.79. The van der Waals surface area contributed by atoms with Gasteiger partial charge in [0.15, 0.2) is 5.96 Å². The van der Waals surface area contributed by atoms with Gasteiger partial charge in [-0.15, -0.1) is 0 Å². The van der Waals surface area contributed by atoms with E-state index in [-0.39, 0.29) is 12.1 Å². The van der Waals surface area contributed by atoms with Crippen LogP contribution >= 0.6 is 0 Å². The number of aliphatic imine (C=N–C) groups is 1. The van der Waals surface area contributed by atoms with Crippen molar-refractivity contribution in [2.45, 2.75) is 32.2 Å². The van der Waals surface area contributed by atoms with Crippen LogP contribution in [0.2, 0.25) is 0 Å². The highest BCUT2D eigenvalue weighted by atomic mass is 19.4. The van der Waals surface area contributed by atoms with Gasteiger partial charge in [0.05, 0.1) is 24.4 Å². The van der Waals surface area contributed by atoms with Crippen molar-refractivity contribution in [1.82, 2.24) is 10.6 Å². The van der Waals surface area contributed by atoms with E-state index in [0.717, 1.165) is 0 Å². The number of morpholine rings is 1. The van der Waals surface area contributed by atoms with Crippen molar-refractivity contribution in [2.24, 2.45) is 4.99 Å². The highest BCUT2D eigenvalue weighted by Gasteiger charge is 2.34. The second-order valence-corrected chi connectivity index (χ2v) is 7.18. The molecule has 0 amide bonds. The molecule has 1 aliphatic heterocycles. The summed E-state index contributed by atoms with van der Waals surface area (Å²) in [5, 5.41) is 6.01. The molecule has 1 aromatic rings. The number of nitrogens with one attached hydrogen (secondary N) is 2. The Hall–Kier alpha value is -2.00. The lowest BCUT2D eigenvalue weighted by Crippen LogP contribution is -2.45. The Bertz CT molecular complexity index is 672. The van der Waals surface area contributed by atoms with Gasteiger partial charge < -0.3 is 25.0 Å². The van der Waals surface area contributed by atoms with E-state index >= 15 is 0 Å². The van der Waals surface area contributed by atoms with E-state index in [4.69, 9.17) is 9.47 Å². The topological polar surface area (TPSA) is 58.1 Å². The molecule has 0 atom stereocenters. The maximum Gasteiger partial charge on any atom is 0.416 e. The van der Waals surface area contributed by atoms with Gasteiger partial charge in [-0.3, -0.25) is 4.99 Å². The van der Waals surface area contributed by atoms with Crippen molar-refractivity contribution in [3.05, 3.63) is 29.3 Å². The Labute approximate surface area is 164 Å². The van der Waals surface area contributed by atoms with Crippen molar-refractivity contribution >= 4 is 11.6 Å². The minimum atomic E-state index is -4.44. The molecule has 1 fully saturated rings. The van der Waals surface area contributed by atoms with E-state index in [2.05, 4.69) is 15.6 Å². The standard InChI is InChI=1S/C19H29F3N4O2/c1-18(2,27-4)13-25-17(23-3)24-12-14-5-6-15(11-16(14)19(20,21)22)26-7-9-28-10-8-26/h5-6,11H,7-10,12-13H2,1-4H3,(H2,23,24,25). The number of rotatable bonds is 6. The molecule has 1 aliphatic rings. The number of guanidine groups is 1. The lowest BCUT2D eigenvalue weighted by Gasteiger charge is -2.30. The minimum Gasteiger partial charge on any atom is -0.378 e. The van der Waals surface area contributed by atoms with Crippen molar-refractivity contribution < 1.29 is 22.6 Å². The van der Waals surface area contributed by atoms with Gasteiger partial charge in [-0.2, -0.15) is 13.2 Å². The lowest BCUT2D eigenvalue weighted by atomic mass is 10.0. The van der Waals surface area contributed by atoms with E-state index in [1.807, 2.05) is 18.7 Å². The highest BCUT2D eigenvalue weighted by Crippen LogP contribution is 2.35. The summed E-state index contributed by atoms with van der Waals surface area (Å²) in [7, 11) is 3.17. The molecule has 0 radical (unpaired) electrons. The third kappa shape index (κ3) is 6.27. The van der Waals surface area contributed by atoms with Gasteiger partial charge in [0.25, 0.3) is 0 Å². The minimum absolute atomic E-state index is 0.00528. The number of anilines is 1. The number of methoxy groups -OCH3 is 1. The van der Waals surface area contributed by atoms with Crippen LogP contribution in [0.1, 0.15) is 25.0 Å². The number of halogens is 3. The van der Waals surface area contributed by atoms with Gasteiger partial charge >= 0.3 is 6.18 Å². The Morgan fingerprint density at radius 1 is 1.21 bits per heavy atom. The van der Waals surface area contributed by atoms with Gasteiger partial charge in [-0.1, -0.05) is 6.07 Å². The molecule has 2 N–H and O–H groups in total. The van der Waals surface area contributed by atoms with Gasteiger partial charge in [-0.05, 0) is 31.5 Å². The fourth-order valence-electron chi connectivity index (χ4n) is 2.77. The fourth-order valence-corrected chi connectivity index (χ4v) is 2.77. The summed E-state index contributed by atoms with van der Waals surface area (Å²) in [5.41, 5.74) is -0.340. The van der Waals surface area contributed by atoms with Gasteiger partial charge in [0.2, 0.25) is 0 Å². The Morgan fingerprint density at radius 3 is 2.46 bits per heavy atom. The second-order valence-electron chi connectivity index (χ2n) is 7.18. The average Bonchev–Trinajstić information content (AvgIpc) is 2.68. The van der Waals surface area contributed by atoms with Crippen molar-refractivity contribution in [3.8, 4) is 0 Å². The van der Waals surface area contributed by atoms with Crippen LogP contribution in [0.15, 0.2) is 23.2 Å². The van der Waals surface area contributed by atoms with Crippen LogP contribution < -0.4 is 15.5 Å². The van der Waals surface area contributed by atoms with E-state index in [9.17, 15) is 13.2 Å². The van der Waals surface area contributed by atoms with Crippen LogP contribution in [0.25, 0.3) is 0 Å². The zero-order valence-corrected chi connectivity index (χ0v) is 16.8. The third-order valence-electron chi connectivity index (χ3n) is 4.68. The molecule has 0 aliphatic carbocycles. The average molecular weight is 402 g/mol. The molecule has 2 rings (SSSR count). The maximum atomic E-state index is 13.6. The van der Waals surface area contributed by atoms with Crippen LogP contribution in [-0.4, -0.2) is 58.6 Å². The monoisotopic (exact) mass is 402 g/mol. The first-order chi connectivity index (χ1) is 13.2. The van der Waals surface area contributed by atoms with Gasteiger partial charge in [-0.25, -0.2) is 0 Å². The van der Waals surface area contributed by atoms with Crippen molar-refractivity contribution in [2.75, 3.05) is 51.9 Å². The summed E-state index contributed by atoms with van der Waals surface area (Å²) in [6.07, 6.45) is -4.44. The normalized spacial score (nSPS) is 16.2. The van der Waals surface area contributed by atoms with E-state index in [0.29, 0.717) is 44.5 Å². The summed E-state index contributed by atoms with van der Waals surface area (Å²) < 4.78 is 51.4. The first-order valence-electron chi connectivity index (χ1n) is 9.19. The number of hydrogen-bond donors (Lipinski definition) is 2. The first-order valence-corrected chi connectivity index (χ1v) is 9.19. The van der Waals surface area contributed by atoms with E-state index in [1.165, 1.54) is 12.1 Å². The molecule has 6 nitrogen and oxygen atoms in total. The number of hydrogen-bond acceptors (Lipinski definition) is 4. The largest absolute Gasteiger partial charge is 0.416 e. The predicted octanol–water partition coefficient (Wildman–Crippen LogP) is 2.63. The number of ether oxygens (including phenoxy) is 2. The molecular formula is C19H29F3N4O2. The van der Waals surface area contributed by atoms with Crippen LogP contribution in [-0.2, 0) is 22.2 Å². The predicted molar refractivity (Wildman–Crippen MR) is 104 cm³/mol. The summed E-state index contributed by atoms with van der Waals surface area (Å²) in [6, 6.07) is 4.46. The van der Waals surface area contributed by atoms with Gasteiger partial charge in [0, 0.05) is 46.0 Å². The quantitative estimate of drug-likeness (QED) is 0.566. The van der Waals surface area contributed by atoms with Crippen LogP contribution in [0.4, 0.5) is 18.9 Å². The molecule has 0 saturated carbocycles. The Kier molecular flexibility index (Phi) is 7.54.